The van der Waals surface area contributed by atoms with Gasteiger partial charge in [-0.15, -0.1) is 18.9 Å². The van der Waals surface area contributed by atoms with Crippen LogP contribution in [0.1, 0.15) is 61.8 Å². The number of terminal acetylenes is 1. The van der Waals surface area contributed by atoms with Crippen LogP contribution >= 0.6 is 0 Å². The maximum absolute atomic E-state index is 6.77. The third kappa shape index (κ3) is 6.09. The molecule has 0 aromatic carbocycles. The van der Waals surface area contributed by atoms with Crippen LogP contribution < -0.4 is 0 Å². The minimum atomic E-state index is -1.94. The van der Waals surface area contributed by atoms with Crippen molar-refractivity contribution in [2.75, 3.05) is 0 Å². The lowest BCUT2D eigenvalue weighted by Crippen LogP contribution is -2.54. The van der Waals surface area contributed by atoms with Crippen LogP contribution in [0.25, 0.3) is 0 Å². The van der Waals surface area contributed by atoms with Crippen molar-refractivity contribution in [3.8, 4) is 12.3 Å². The molecule has 0 aromatic rings. The van der Waals surface area contributed by atoms with Crippen molar-refractivity contribution < 1.29 is 8.85 Å². The first-order chi connectivity index (χ1) is 11.3. The first-order valence-corrected chi connectivity index (χ1v) is 15.6. The second-order valence-corrected chi connectivity index (χ2v) is 20.6. The van der Waals surface area contributed by atoms with Gasteiger partial charge in [-0.3, -0.25) is 0 Å². The molecule has 0 N–H and O–H groups in total. The smallest absolute Gasteiger partial charge is 0.192 e. The number of hydrogen-bond acceptors (Lipinski definition) is 2. The molecule has 2 atom stereocenters. The minimum Gasteiger partial charge on any atom is -0.412 e. The zero-order valence-electron chi connectivity index (χ0n) is 19.5. The summed E-state index contributed by atoms with van der Waals surface area (Å²) >= 11 is 0. The highest BCUT2D eigenvalue weighted by molar-refractivity contribution is 6.74. The van der Waals surface area contributed by atoms with Crippen molar-refractivity contribution in [1.82, 2.24) is 0 Å². The molecule has 0 saturated heterocycles. The largest absolute Gasteiger partial charge is 0.412 e. The van der Waals surface area contributed by atoms with Crippen molar-refractivity contribution in [3.05, 3.63) is 12.7 Å². The molecule has 0 amide bonds. The molecule has 0 aliphatic carbocycles. The normalized spacial score (nSPS) is 16.7. The molecule has 0 heterocycles. The number of rotatable bonds is 8. The summed E-state index contributed by atoms with van der Waals surface area (Å²) < 4.78 is 13.5. The van der Waals surface area contributed by atoms with E-state index >= 15 is 0 Å². The highest BCUT2D eigenvalue weighted by Gasteiger charge is 2.47. The molecule has 0 aliphatic heterocycles. The van der Waals surface area contributed by atoms with Gasteiger partial charge in [-0.05, 0) is 36.3 Å². The lowest BCUT2D eigenvalue weighted by atomic mass is 9.79. The average molecular weight is 397 g/mol. The molecular weight excluding hydrogens is 352 g/mol. The molecule has 0 aromatic heterocycles. The van der Waals surface area contributed by atoms with E-state index in [-0.39, 0.29) is 27.7 Å². The Morgan fingerprint density at radius 3 is 1.58 bits per heavy atom. The van der Waals surface area contributed by atoms with Gasteiger partial charge in [0.05, 0.1) is 12.2 Å². The monoisotopic (exact) mass is 396 g/mol. The van der Waals surface area contributed by atoms with Gasteiger partial charge in [-0.25, -0.2) is 0 Å². The van der Waals surface area contributed by atoms with Crippen LogP contribution in [0, 0.1) is 17.8 Å². The Bertz CT molecular complexity index is 514. The van der Waals surface area contributed by atoms with Gasteiger partial charge in [-0.2, -0.15) is 0 Å². The fourth-order valence-electron chi connectivity index (χ4n) is 2.28. The van der Waals surface area contributed by atoms with Crippen LogP contribution in [0.4, 0.5) is 0 Å². The average Bonchev–Trinajstić information content (AvgIpc) is 2.41. The van der Waals surface area contributed by atoms with Gasteiger partial charge in [0.2, 0.25) is 0 Å². The molecule has 0 bridgehead atoms. The lowest BCUT2D eigenvalue weighted by molar-refractivity contribution is -0.00957. The van der Waals surface area contributed by atoms with Gasteiger partial charge in [0.1, 0.15) is 0 Å². The molecule has 0 radical (unpaired) electrons. The van der Waals surface area contributed by atoms with Gasteiger partial charge in [0, 0.05) is 11.8 Å². The Labute approximate surface area is 166 Å². The van der Waals surface area contributed by atoms with E-state index in [0.717, 1.165) is 0 Å². The summed E-state index contributed by atoms with van der Waals surface area (Å²) in [5, 5.41) is 0.284. The van der Waals surface area contributed by atoms with Crippen molar-refractivity contribution in [2.24, 2.45) is 5.41 Å². The van der Waals surface area contributed by atoms with E-state index < -0.39 is 16.6 Å². The molecule has 4 heteroatoms. The fraction of sp³-hybridized carbons (Fsp3) is 0.818. The van der Waals surface area contributed by atoms with Gasteiger partial charge in [0.15, 0.2) is 16.6 Å². The van der Waals surface area contributed by atoms with E-state index in [1.54, 1.807) is 0 Å². The zero-order valence-corrected chi connectivity index (χ0v) is 21.5. The van der Waals surface area contributed by atoms with E-state index in [2.05, 4.69) is 94.1 Å². The van der Waals surface area contributed by atoms with Crippen LogP contribution in [-0.2, 0) is 8.85 Å². The maximum atomic E-state index is 6.77. The van der Waals surface area contributed by atoms with Crippen LogP contribution in [0.2, 0.25) is 36.3 Å². The molecule has 0 saturated carbocycles. The molecule has 0 aliphatic rings. The Morgan fingerprint density at radius 2 is 1.27 bits per heavy atom. The summed E-state index contributed by atoms with van der Waals surface area (Å²) in [7, 11) is -3.87. The Kier molecular flexibility index (Phi) is 8.23. The quantitative estimate of drug-likeness (QED) is 0.250. The molecule has 0 spiro atoms. The fourth-order valence-corrected chi connectivity index (χ4v) is 5.12. The van der Waals surface area contributed by atoms with Crippen LogP contribution in [0.3, 0.4) is 0 Å². The molecule has 0 unspecified atom stereocenters. The summed E-state index contributed by atoms with van der Waals surface area (Å²) in [4.78, 5) is 0. The summed E-state index contributed by atoms with van der Waals surface area (Å²) in [6.45, 7) is 31.2. The van der Waals surface area contributed by atoms with Crippen LogP contribution in [0.15, 0.2) is 12.7 Å². The van der Waals surface area contributed by atoms with Gasteiger partial charge < -0.3 is 8.85 Å². The molecule has 0 rings (SSSR count). The third-order valence-corrected chi connectivity index (χ3v) is 15.5. The lowest BCUT2D eigenvalue weighted by Gasteiger charge is -2.48. The standard InChI is InChI=1S/C22H44O2Si2/c1-15-17-19(24-26(13,14)21(6,7)8)22(9,10)18(16-2)23-25(11,12)20(3,4)5/h1,16,18-19H,2,17H2,3-14H3/t18-,19+/m0/s1. The third-order valence-electron chi connectivity index (χ3n) is 6.55. The highest BCUT2D eigenvalue weighted by atomic mass is 28.4. The summed E-state index contributed by atoms with van der Waals surface area (Å²) in [6, 6.07) is 0. The molecule has 26 heavy (non-hydrogen) atoms. The first-order valence-electron chi connectivity index (χ1n) is 9.75. The maximum Gasteiger partial charge on any atom is 0.192 e. The van der Waals surface area contributed by atoms with Gasteiger partial charge in [0.25, 0.3) is 0 Å². The van der Waals surface area contributed by atoms with E-state index in [1.807, 2.05) is 6.08 Å². The molecule has 2 nitrogen and oxygen atoms in total. The van der Waals surface area contributed by atoms with E-state index in [1.165, 1.54) is 0 Å². The van der Waals surface area contributed by atoms with E-state index in [9.17, 15) is 0 Å². The predicted octanol–water partition coefficient (Wildman–Crippen LogP) is 7.00. The van der Waals surface area contributed by atoms with Crippen LogP contribution in [-0.4, -0.2) is 28.8 Å². The van der Waals surface area contributed by atoms with Crippen molar-refractivity contribution in [2.45, 2.75) is 110 Å². The Morgan fingerprint density at radius 1 is 0.885 bits per heavy atom. The Hall–Kier alpha value is -0.346. The second-order valence-electron chi connectivity index (χ2n) is 11.1. The molecular formula is C22H44O2Si2. The predicted molar refractivity (Wildman–Crippen MR) is 122 cm³/mol. The molecule has 152 valence electrons. The summed E-state index contributed by atoms with van der Waals surface area (Å²) in [5.74, 6) is 2.84. The zero-order chi connectivity index (χ0) is 21.2. The second kappa shape index (κ2) is 8.35. The Balaban J connectivity index is 5.78. The minimum absolute atomic E-state index is 0.0545. The summed E-state index contributed by atoms with van der Waals surface area (Å²) in [5.41, 5.74) is -0.251. The van der Waals surface area contributed by atoms with Gasteiger partial charge >= 0.3 is 0 Å². The van der Waals surface area contributed by atoms with Gasteiger partial charge in [-0.1, -0.05) is 61.5 Å². The van der Waals surface area contributed by atoms with Crippen molar-refractivity contribution in [1.29, 1.82) is 0 Å². The van der Waals surface area contributed by atoms with Crippen molar-refractivity contribution >= 4 is 16.6 Å². The van der Waals surface area contributed by atoms with E-state index in [4.69, 9.17) is 15.3 Å². The van der Waals surface area contributed by atoms with Crippen molar-refractivity contribution in [3.63, 3.8) is 0 Å². The first kappa shape index (κ1) is 25.7. The van der Waals surface area contributed by atoms with Crippen LogP contribution in [0.5, 0.6) is 0 Å². The van der Waals surface area contributed by atoms with E-state index in [0.29, 0.717) is 6.42 Å². The highest BCUT2D eigenvalue weighted by Crippen LogP contribution is 2.44. The summed E-state index contributed by atoms with van der Waals surface area (Å²) in [6.07, 6.45) is 8.11. The topological polar surface area (TPSA) is 18.5 Å². The molecule has 0 fully saturated rings. The SMILES string of the molecule is C#CC[C@@H](O[Si](C)(C)C(C)(C)C)C(C)(C)[C@H](C=C)O[Si](C)(C)C(C)(C)C. The number of hydrogen-bond donors (Lipinski definition) is 0.